The molecule has 2 saturated heterocycles. The maximum absolute atomic E-state index is 12.7. The van der Waals surface area contributed by atoms with Crippen molar-refractivity contribution < 1.29 is 16.8 Å². The Balaban J connectivity index is 0.000000177. The van der Waals surface area contributed by atoms with Gasteiger partial charge >= 0.3 is 0 Å². The molecule has 2 fully saturated rings. The molecule has 0 radical (unpaired) electrons. The molecule has 17 heteroatoms. The van der Waals surface area contributed by atoms with Gasteiger partial charge in [0.1, 0.15) is 11.6 Å². The molecule has 12 nitrogen and oxygen atoms in total. The molecule has 2 aliphatic rings. The molecule has 4 heterocycles. The van der Waals surface area contributed by atoms with Crippen LogP contribution in [0.15, 0.2) is 109 Å². The van der Waals surface area contributed by atoms with Crippen molar-refractivity contribution in [2.24, 2.45) is 0 Å². The topological polar surface area (TPSA) is 133 Å². The van der Waals surface area contributed by atoms with Gasteiger partial charge < -0.3 is 9.80 Å². The molecule has 0 atom stereocenters. The zero-order valence-electron chi connectivity index (χ0n) is 32.1. The summed E-state index contributed by atoms with van der Waals surface area (Å²) < 4.78 is 62.9. The van der Waals surface area contributed by atoms with Gasteiger partial charge in [-0.05, 0) is 41.3 Å². The molecule has 0 amide bonds. The summed E-state index contributed by atoms with van der Waals surface area (Å²) in [7, 11) is -6.62. The molecule has 0 unspecified atom stereocenters. The van der Waals surface area contributed by atoms with Crippen LogP contribution in [-0.4, -0.2) is 96.5 Å². The Morgan fingerprint density at radius 1 is 0.517 bits per heavy atom. The Bertz CT molecular complexity index is 2260. The number of halogens is 1. The van der Waals surface area contributed by atoms with E-state index in [1.165, 1.54) is 34.2 Å². The minimum absolute atomic E-state index is 0.0396. The summed E-state index contributed by atoms with van der Waals surface area (Å²) >= 11 is 8.67. The van der Waals surface area contributed by atoms with Crippen molar-refractivity contribution in [2.45, 2.75) is 31.3 Å². The minimum Gasteiger partial charge on any atom is -0.344 e. The van der Waals surface area contributed by atoms with Crippen LogP contribution in [-0.2, 0) is 44.4 Å². The third kappa shape index (κ3) is 11.5. The maximum atomic E-state index is 12.7. The lowest BCUT2D eigenvalue weighted by Crippen LogP contribution is -2.49. The first-order valence-electron chi connectivity index (χ1n) is 19.0. The summed E-state index contributed by atoms with van der Waals surface area (Å²) in [6, 6.07) is 34.7. The first-order chi connectivity index (χ1) is 28.0. The van der Waals surface area contributed by atoms with Crippen molar-refractivity contribution in [3.05, 3.63) is 154 Å². The summed E-state index contributed by atoms with van der Waals surface area (Å²) in [4.78, 5) is 13.5. The van der Waals surface area contributed by atoms with Gasteiger partial charge in [-0.25, -0.2) is 26.8 Å². The zero-order chi connectivity index (χ0) is 40.5. The summed E-state index contributed by atoms with van der Waals surface area (Å²) in [5, 5.41) is 2.42. The van der Waals surface area contributed by atoms with Gasteiger partial charge in [-0.3, -0.25) is 0 Å². The number of hydrogen-bond donors (Lipinski definition) is 0. The van der Waals surface area contributed by atoms with E-state index in [1.54, 1.807) is 8.61 Å². The number of nitrogens with zero attached hydrogens (tertiary/aromatic N) is 8. The molecule has 58 heavy (non-hydrogen) atoms. The largest absolute Gasteiger partial charge is 0.344 e. The molecule has 0 N–H and O–H groups in total. The van der Waals surface area contributed by atoms with Crippen molar-refractivity contribution in [2.75, 3.05) is 62.2 Å². The average molecular weight is 878 g/mol. The van der Waals surface area contributed by atoms with Crippen LogP contribution in [0.25, 0.3) is 0 Å². The van der Waals surface area contributed by atoms with Crippen molar-refractivity contribution in [3.8, 4) is 0 Å². The molecule has 0 spiro atoms. The fourth-order valence-electron chi connectivity index (χ4n) is 6.63. The van der Waals surface area contributed by atoms with Crippen LogP contribution in [0.4, 0.5) is 10.3 Å². The Kier molecular flexibility index (Phi) is 13.8. The number of rotatable bonds is 12. The fraction of sp³-hybridized carbons (Fsp3) is 0.317. The molecule has 2 aliphatic heterocycles. The third-order valence-electron chi connectivity index (χ3n) is 9.86. The lowest BCUT2D eigenvalue weighted by atomic mass is 10.1. The second-order valence-electron chi connectivity index (χ2n) is 14.2. The summed E-state index contributed by atoms with van der Waals surface area (Å²) in [6.07, 6.45) is 1.36. The van der Waals surface area contributed by atoms with E-state index in [1.807, 2.05) is 84.9 Å². The highest BCUT2D eigenvalue weighted by atomic mass is 35.5. The second kappa shape index (κ2) is 19.2. The van der Waals surface area contributed by atoms with Gasteiger partial charge in [0.05, 0.1) is 11.5 Å². The smallest absolute Gasteiger partial charge is 0.218 e. The number of anilines is 2. The second-order valence-corrected chi connectivity index (χ2v) is 20.0. The van der Waals surface area contributed by atoms with Crippen LogP contribution in [0.2, 0.25) is 5.02 Å². The predicted molar refractivity (Wildman–Crippen MR) is 234 cm³/mol. The number of hydrogen-bond acceptors (Lipinski definition) is 12. The van der Waals surface area contributed by atoms with Crippen LogP contribution >= 0.6 is 34.7 Å². The first-order valence-corrected chi connectivity index (χ1v) is 24.1. The number of benzene rings is 4. The lowest BCUT2D eigenvalue weighted by Gasteiger charge is -2.33. The van der Waals surface area contributed by atoms with Crippen LogP contribution < -0.4 is 9.80 Å². The summed E-state index contributed by atoms with van der Waals surface area (Å²) in [5.41, 5.74) is 5.17. The average Bonchev–Trinajstić information content (AvgIpc) is 3.91. The van der Waals surface area contributed by atoms with E-state index in [2.05, 4.69) is 59.7 Å². The molecule has 0 saturated carbocycles. The molecular weight excluding hydrogens is 832 g/mol. The number of piperazine rings is 2. The van der Waals surface area contributed by atoms with Gasteiger partial charge in [0, 0.05) is 93.3 Å². The highest BCUT2D eigenvalue weighted by Crippen LogP contribution is 2.24. The van der Waals surface area contributed by atoms with Gasteiger partial charge in [-0.2, -0.15) is 17.4 Å². The Morgan fingerprint density at radius 3 is 1.29 bits per heavy atom. The SMILES string of the molecule is Cc1ccc(Cc2nsc(N3CCN(S(=O)(=O)Cc4ccccc4)CC3)n2)cc1.O=S(=O)(Cc1ccccc1)N1CCN(c2nc(Cc3ccc(Cl)cc3)ns2)CC1. The fourth-order valence-corrected chi connectivity index (χ4v) is 11.3. The van der Waals surface area contributed by atoms with E-state index in [4.69, 9.17) is 11.6 Å². The van der Waals surface area contributed by atoms with Crippen molar-refractivity contribution in [1.29, 1.82) is 0 Å². The van der Waals surface area contributed by atoms with Crippen molar-refractivity contribution in [3.63, 3.8) is 0 Å². The van der Waals surface area contributed by atoms with Gasteiger partial charge in [0.25, 0.3) is 0 Å². The van der Waals surface area contributed by atoms with E-state index < -0.39 is 20.0 Å². The monoisotopic (exact) mass is 876 g/mol. The molecule has 8 rings (SSSR count). The van der Waals surface area contributed by atoms with Crippen LogP contribution in [0.1, 0.15) is 39.5 Å². The van der Waals surface area contributed by atoms with E-state index in [-0.39, 0.29) is 11.5 Å². The van der Waals surface area contributed by atoms with E-state index in [0.717, 1.165) is 38.6 Å². The number of sulfonamides is 2. The lowest BCUT2D eigenvalue weighted by molar-refractivity contribution is 0.383. The predicted octanol–water partition coefficient (Wildman–Crippen LogP) is 6.52. The molecule has 6 aromatic rings. The van der Waals surface area contributed by atoms with E-state index >= 15 is 0 Å². The highest BCUT2D eigenvalue weighted by molar-refractivity contribution is 7.88. The number of aryl methyl sites for hydroxylation is 1. The van der Waals surface area contributed by atoms with E-state index in [9.17, 15) is 16.8 Å². The first kappa shape index (κ1) is 41.9. The van der Waals surface area contributed by atoms with Crippen molar-refractivity contribution >= 4 is 65.0 Å². The maximum Gasteiger partial charge on any atom is 0.218 e. The zero-order valence-corrected chi connectivity index (χ0v) is 36.1. The van der Waals surface area contributed by atoms with Crippen LogP contribution in [0.3, 0.4) is 0 Å². The van der Waals surface area contributed by atoms with E-state index in [0.29, 0.717) is 70.2 Å². The molecular formula is C41H45ClN8O4S4. The van der Waals surface area contributed by atoms with Gasteiger partial charge in [0.2, 0.25) is 30.3 Å². The quantitative estimate of drug-likeness (QED) is 0.134. The van der Waals surface area contributed by atoms with Crippen LogP contribution in [0, 0.1) is 6.92 Å². The molecule has 304 valence electrons. The summed E-state index contributed by atoms with van der Waals surface area (Å²) in [6.45, 7) is 6.43. The summed E-state index contributed by atoms with van der Waals surface area (Å²) in [5.74, 6) is 1.67. The number of aromatic nitrogens is 4. The van der Waals surface area contributed by atoms with Gasteiger partial charge in [-0.15, -0.1) is 0 Å². The minimum atomic E-state index is -3.32. The van der Waals surface area contributed by atoms with Gasteiger partial charge in [-0.1, -0.05) is 114 Å². The van der Waals surface area contributed by atoms with Crippen molar-refractivity contribution in [1.82, 2.24) is 27.3 Å². The molecule has 0 aliphatic carbocycles. The molecule has 0 bridgehead atoms. The normalized spacial score (nSPS) is 15.6. The highest BCUT2D eigenvalue weighted by Gasteiger charge is 2.30. The standard InChI is InChI=1S/C21H24N4O2S2.C20H21ClN4O2S2/c1-17-7-9-18(10-8-17)15-20-22-21(28-23-20)24-11-13-25(14-12-24)29(26,27)16-19-5-3-2-4-6-19;21-18-8-6-16(7-9-18)14-19-22-20(28-23-19)24-10-12-25(13-11-24)29(26,27)15-17-4-2-1-3-5-17/h2-10H,11-16H2,1H3;1-9H,10-15H2. The van der Waals surface area contributed by atoms with Gasteiger partial charge in [0.15, 0.2) is 0 Å². The Hall–Kier alpha value is -4.29. The Labute approximate surface area is 354 Å². The molecule has 4 aromatic carbocycles. The van der Waals surface area contributed by atoms with Crippen LogP contribution in [0.5, 0.6) is 0 Å². The third-order valence-corrected chi connectivity index (χ3v) is 15.4. The Morgan fingerprint density at radius 2 is 0.897 bits per heavy atom. The molecule has 2 aromatic heterocycles.